The molecule has 2 atom stereocenters. The number of rotatable bonds is 6. The van der Waals surface area contributed by atoms with E-state index in [2.05, 4.69) is 0 Å². The summed E-state index contributed by atoms with van der Waals surface area (Å²) in [4.78, 5) is 34.7. The van der Waals surface area contributed by atoms with E-state index in [0.717, 1.165) is 19.3 Å². The van der Waals surface area contributed by atoms with E-state index in [-0.39, 0.29) is 12.3 Å². The molecule has 1 aromatic heterocycles. The molecule has 1 aromatic rings. The first-order valence-corrected chi connectivity index (χ1v) is 9.14. The van der Waals surface area contributed by atoms with Crippen molar-refractivity contribution in [3.63, 3.8) is 0 Å². The predicted molar refractivity (Wildman–Crippen MR) is 76.1 cm³/mol. The molecule has 0 aromatic carbocycles. The molecule has 1 aliphatic heterocycles. The van der Waals surface area contributed by atoms with Crippen LogP contribution in [0.15, 0.2) is 22.8 Å². The van der Waals surface area contributed by atoms with Crippen molar-refractivity contribution in [3.8, 4) is 0 Å². The maximum absolute atomic E-state index is 12.5. The second-order valence-electron chi connectivity index (χ2n) is 5.48. The minimum atomic E-state index is -4.14. The molecule has 1 amide bonds. The van der Waals surface area contributed by atoms with E-state index in [1.807, 2.05) is 0 Å². The van der Waals surface area contributed by atoms with E-state index >= 15 is 0 Å². The largest absolute Gasteiger partial charge is 0.549 e. The van der Waals surface area contributed by atoms with Gasteiger partial charge in [0, 0.05) is 19.4 Å². The SMILES string of the molecule is O=C([O-])[C@H](Cc1ccco1)P(=O)(O)CN1CCCCCC1=O. The van der Waals surface area contributed by atoms with E-state index in [1.54, 1.807) is 6.07 Å². The van der Waals surface area contributed by atoms with E-state index < -0.39 is 25.3 Å². The van der Waals surface area contributed by atoms with Gasteiger partial charge in [-0.15, -0.1) is 0 Å². The highest BCUT2D eigenvalue weighted by atomic mass is 31.2. The highest BCUT2D eigenvalue weighted by molar-refractivity contribution is 7.59. The van der Waals surface area contributed by atoms with Crippen molar-refractivity contribution >= 4 is 19.2 Å². The molecular weight excluding hydrogens is 309 g/mol. The molecule has 0 saturated carbocycles. The number of nitrogens with zero attached hydrogens (tertiary/aromatic N) is 1. The first kappa shape index (κ1) is 16.8. The molecule has 2 heterocycles. The third-order valence-electron chi connectivity index (χ3n) is 3.78. The number of carboxylic acid groups (broad SMARTS) is 1. The molecule has 0 bridgehead atoms. The van der Waals surface area contributed by atoms with Crippen molar-refractivity contribution in [2.45, 2.75) is 37.8 Å². The quantitative estimate of drug-likeness (QED) is 0.764. The van der Waals surface area contributed by atoms with Gasteiger partial charge in [-0.05, 0) is 25.0 Å². The Hall–Kier alpha value is -1.59. The van der Waals surface area contributed by atoms with Crippen molar-refractivity contribution in [1.82, 2.24) is 4.90 Å². The summed E-state index contributed by atoms with van der Waals surface area (Å²) in [6, 6.07) is 3.11. The number of furan rings is 1. The lowest BCUT2D eigenvalue weighted by molar-refractivity contribution is -0.305. The normalized spacial score (nSPS) is 20.2. The van der Waals surface area contributed by atoms with Crippen LogP contribution in [0.2, 0.25) is 0 Å². The lowest BCUT2D eigenvalue weighted by Crippen LogP contribution is -2.40. The number of carbonyl (C=O) groups excluding carboxylic acids is 2. The van der Waals surface area contributed by atoms with E-state index in [1.165, 1.54) is 17.2 Å². The van der Waals surface area contributed by atoms with E-state index in [4.69, 9.17) is 4.42 Å². The van der Waals surface area contributed by atoms with Crippen LogP contribution in [0.1, 0.15) is 31.4 Å². The predicted octanol–water partition coefficient (Wildman–Crippen LogP) is 0.571. The smallest absolute Gasteiger partial charge is 0.228 e. The molecule has 2 rings (SSSR count). The van der Waals surface area contributed by atoms with Gasteiger partial charge >= 0.3 is 0 Å². The van der Waals surface area contributed by atoms with Crippen LogP contribution >= 0.6 is 7.37 Å². The van der Waals surface area contributed by atoms with Gasteiger partial charge in [0.15, 0.2) is 0 Å². The molecule has 0 spiro atoms. The first-order valence-electron chi connectivity index (χ1n) is 7.22. The molecule has 1 unspecified atom stereocenters. The minimum Gasteiger partial charge on any atom is -0.549 e. The highest BCUT2D eigenvalue weighted by Crippen LogP contribution is 2.48. The summed E-state index contributed by atoms with van der Waals surface area (Å²) in [7, 11) is -4.14. The van der Waals surface area contributed by atoms with Crippen LogP contribution in [0, 0.1) is 0 Å². The van der Waals surface area contributed by atoms with Crippen LogP contribution < -0.4 is 5.11 Å². The minimum absolute atomic E-state index is 0.207. The number of carbonyl (C=O) groups is 2. The third kappa shape index (κ3) is 4.21. The van der Waals surface area contributed by atoms with Crippen LogP contribution in [0.3, 0.4) is 0 Å². The van der Waals surface area contributed by atoms with E-state index in [0.29, 0.717) is 18.7 Å². The average molecular weight is 328 g/mol. The fraction of sp³-hybridized carbons (Fsp3) is 0.571. The maximum Gasteiger partial charge on any atom is 0.228 e. The second kappa shape index (κ2) is 7.11. The topological polar surface area (TPSA) is 111 Å². The summed E-state index contributed by atoms with van der Waals surface area (Å²) in [6.07, 6.45) is 3.39. The van der Waals surface area contributed by atoms with Crippen LogP contribution in [0.25, 0.3) is 0 Å². The molecule has 1 N–H and O–H groups in total. The summed E-state index contributed by atoms with van der Waals surface area (Å²) in [5.41, 5.74) is -1.59. The molecule has 1 fully saturated rings. The van der Waals surface area contributed by atoms with Gasteiger partial charge in [0.2, 0.25) is 13.3 Å². The first-order chi connectivity index (χ1) is 10.4. The number of aliphatic carboxylic acids is 1. The van der Waals surface area contributed by atoms with Gasteiger partial charge in [0.1, 0.15) is 5.76 Å². The molecule has 8 heteroatoms. The average Bonchev–Trinajstić information content (AvgIpc) is 2.88. The molecule has 1 aliphatic rings. The van der Waals surface area contributed by atoms with Crippen molar-refractivity contribution in [3.05, 3.63) is 24.2 Å². The van der Waals surface area contributed by atoms with Gasteiger partial charge < -0.3 is 24.1 Å². The maximum atomic E-state index is 12.5. The Balaban J connectivity index is 2.12. The second-order valence-corrected chi connectivity index (χ2v) is 7.90. The summed E-state index contributed by atoms with van der Waals surface area (Å²) >= 11 is 0. The highest BCUT2D eigenvalue weighted by Gasteiger charge is 2.36. The number of carboxylic acids is 1. The lowest BCUT2D eigenvalue weighted by Gasteiger charge is -2.29. The number of amides is 1. The van der Waals surface area contributed by atoms with Crippen LogP contribution in [-0.4, -0.2) is 40.2 Å². The Morgan fingerprint density at radius 3 is 2.86 bits per heavy atom. The molecule has 0 aliphatic carbocycles. The fourth-order valence-corrected chi connectivity index (χ4v) is 4.32. The zero-order valence-corrected chi connectivity index (χ0v) is 13.0. The Bertz CT molecular complexity index is 570. The van der Waals surface area contributed by atoms with Gasteiger partial charge in [-0.3, -0.25) is 9.36 Å². The number of hydrogen-bond donors (Lipinski definition) is 1. The van der Waals surface area contributed by atoms with Gasteiger partial charge in [0.25, 0.3) is 0 Å². The third-order valence-corrected chi connectivity index (χ3v) is 5.89. The zero-order valence-electron chi connectivity index (χ0n) is 12.1. The van der Waals surface area contributed by atoms with Crippen molar-refractivity contribution in [2.75, 3.05) is 12.8 Å². The summed E-state index contributed by atoms with van der Waals surface area (Å²) in [6.45, 7) is 0.379. The van der Waals surface area contributed by atoms with Crippen LogP contribution in [0.4, 0.5) is 0 Å². The Morgan fingerprint density at radius 2 is 2.23 bits per heavy atom. The monoisotopic (exact) mass is 328 g/mol. The Labute approximate surface area is 128 Å². The summed E-state index contributed by atoms with van der Waals surface area (Å²) in [5, 5.41) is 11.3. The Kier molecular flexibility index (Phi) is 5.42. The van der Waals surface area contributed by atoms with Crippen LogP contribution in [-0.2, 0) is 20.6 Å². The Morgan fingerprint density at radius 1 is 1.45 bits per heavy atom. The fourth-order valence-electron chi connectivity index (χ4n) is 2.54. The van der Waals surface area contributed by atoms with E-state index in [9.17, 15) is 24.2 Å². The number of hydrogen-bond acceptors (Lipinski definition) is 5. The van der Waals surface area contributed by atoms with Gasteiger partial charge in [-0.1, -0.05) is 6.42 Å². The standard InChI is InChI=1S/C14H20NO6P/c16-13-6-2-1-3-7-15(13)10-22(19,20)12(14(17)18)9-11-5-4-8-21-11/h4-5,8,12H,1-3,6-7,9-10H2,(H,17,18)(H,19,20)/p-1/t12-/m0/s1. The summed E-state index contributed by atoms with van der Waals surface area (Å²) < 4.78 is 17.5. The molecule has 1 saturated heterocycles. The van der Waals surface area contributed by atoms with Crippen LogP contribution in [0.5, 0.6) is 0 Å². The van der Waals surface area contributed by atoms with Crippen molar-refractivity contribution in [2.24, 2.45) is 0 Å². The number of likely N-dealkylation sites (tertiary alicyclic amines) is 1. The molecule has 22 heavy (non-hydrogen) atoms. The lowest BCUT2D eigenvalue weighted by atomic mass is 10.2. The molecule has 0 radical (unpaired) electrons. The van der Waals surface area contributed by atoms with Gasteiger partial charge in [0.05, 0.1) is 24.2 Å². The molecule has 122 valence electrons. The van der Waals surface area contributed by atoms with Gasteiger partial charge in [-0.2, -0.15) is 0 Å². The van der Waals surface area contributed by atoms with Crippen molar-refractivity contribution < 1.29 is 28.6 Å². The zero-order chi connectivity index (χ0) is 16.2. The molecule has 7 nitrogen and oxygen atoms in total. The summed E-state index contributed by atoms with van der Waals surface area (Å²) in [5.74, 6) is -1.52. The molecular formula is C14H19NO6P-. The van der Waals surface area contributed by atoms with Crippen molar-refractivity contribution in [1.29, 1.82) is 0 Å². The van der Waals surface area contributed by atoms with Gasteiger partial charge in [-0.25, -0.2) is 0 Å².